The molecule has 1 aromatic carbocycles. The monoisotopic (exact) mass is 424 g/mol. The fourth-order valence-electron chi connectivity index (χ4n) is 4.09. The van der Waals surface area contributed by atoms with Crippen LogP contribution in [0.5, 0.6) is 0 Å². The van der Waals surface area contributed by atoms with Gasteiger partial charge in [0.1, 0.15) is 18.3 Å². The van der Waals surface area contributed by atoms with E-state index < -0.39 is 5.60 Å². The van der Waals surface area contributed by atoms with Crippen LogP contribution in [-0.2, 0) is 17.8 Å². The van der Waals surface area contributed by atoms with Crippen molar-refractivity contribution in [2.24, 2.45) is 0 Å². The second kappa shape index (κ2) is 8.70. The van der Waals surface area contributed by atoms with Crippen molar-refractivity contribution in [1.29, 1.82) is 0 Å². The molecule has 0 spiro atoms. The van der Waals surface area contributed by atoms with Gasteiger partial charge in [0.05, 0.1) is 6.54 Å². The van der Waals surface area contributed by atoms with Gasteiger partial charge in [0, 0.05) is 43.9 Å². The van der Waals surface area contributed by atoms with E-state index in [0.717, 1.165) is 39.1 Å². The molecule has 2 aromatic heterocycles. The van der Waals surface area contributed by atoms with Gasteiger partial charge in [-0.2, -0.15) is 5.10 Å². The maximum atomic E-state index is 12.3. The third-order valence-corrected chi connectivity index (χ3v) is 5.78. The first-order valence-corrected chi connectivity index (χ1v) is 10.9. The zero-order valence-electron chi connectivity index (χ0n) is 18.9. The van der Waals surface area contributed by atoms with Crippen LogP contribution in [0.4, 0.5) is 4.79 Å². The molecule has 0 unspecified atom stereocenters. The lowest BCUT2D eigenvalue weighted by Crippen LogP contribution is -2.39. The molecule has 8 heteroatoms. The summed E-state index contributed by atoms with van der Waals surface area (Å²) in [6.45, 7) is 9.76. The van der Waals surface area contributed by atoms with Crippen LogP contribution in [0, 0.1) is 0 Å². The highest BCUT2D eigenvalue weighted by Crippen LogP contribution is 2.20. The van der Waals surface area contributed by atoms with Crippen molar-refractivity contribution in [3.05, 3.63) is 48.7 Å². The van der Waals surface area contributed by atoms with Gasteiger partial charge in [0.2, 0.25) is 0 Å². The normalized spacial score (nSPS) is 17.1. The van der Waals surface area contributed by atoms with Crippen LogP contribution in [0.2, 0.25) is 0 Å². The molecule has 0 aliphatic carbocycles. The zero-order valence-corrected chi connectivity index (χ0v) is 18.9. The first-order chi connectivity index (χ1) is 14.8. The molecule has 31 heavy (non-hydrogen) atoms. The molecule has 1 amide bonds. The van der Waals surface area contributed by atoms with Crippen molar-refractivity contribution in [1.82, 2.24) is 29.1 Å². The SMILES string of the molecule is CN(CCn1ccc2cc(Cn3cncn3)ccc21)[C@H]1CCN(C(=O)OC(C)(C)C)C1. The fourth-order valence-corrected chi connectivity index (χ4v) is 4.09. The Kier molecular flexibility index (Phi) is 6.00. The Labute approximate surface area is 183 Å². The molecule has 0 saturated carbocycles. The summed E-state index contributed by atoms with van der Waals surface area (Å²) in [5.74, 6) is 0. The molecule has 3 aromatic rings. The number of carbonyl (C=O) groups is 1. The van der Waals surface area contributed by atoms with Gasteiger partial charge >= 0.3 is 6.09 Å². The van der Waals surface area contributed by atoms with Gasteiger partial charge < -0.3 is 14.2 Å². The van der Waals surface area contributed by atoms with Crippen molar-refractivity contribution in [2.75, 3.05) is 26.7 Å². The van der Waals surface area contributed by atoms with Crippen molar-refractivity contribution >= 4 is 17.0 Å². The number of hydrogen-bond donors (Lipinski definition) is 0. The predicted octanol–water partition coefficient (Wildman–Crippen LogP) is 3.22. The minimum atomic E-state index is -0.453. The first kappa shape index (κ1) is 21.4. The maximum Gasteiger partial charge on any atom is 0.410 e. The van der Waals surface area contributed by atoms with Crippen LogP contribution in [0.15, 0.2) is 43.1 Å². The van der Waals surface area contributed by atoms with Crippen LogP contribution in [0.25, 0.3) is 10.9 Å². The predicted molar refractivity (Wildman–Crippen MR) is 120 cm³/mol. The molecule has 1 fully saturated rings. The molecule has 0 radical (unpaired) electrons. The standard InChI is InChI=1S/C23H32N6O2/c1-23(2,3)31-22(30)28-10-8-20(15-28)26(4)11-12-27-9-7-19-13-18(5-6-21(19)27)14-29-17-24-16-25-29/h5-7,9,13,16-17,20H,8,10-12,14-15H2,1-4H3/t20-/m0/s1. The minimum absolute atomic E-state index is 0.207. The van der Waals surface area contributed by atoms with Crippen LogP contribution in [0.3, 0.4) is 0 Å². The number of aromatic nitrogens is 4. The number of likely N-dealkylation sites (N-methyl/N-ethyl adjacent to an activating group) is 1. The molecule has 1 aliphatic heterocycles. The average Bonchev–Trinajstić information content (AvgIpc) is 3.45. The number of likely N-dealkylation sites (tertiary alicyclic amines) is 1. The summed E-state index contributed by atoms with van der Waals surface area (Å²) in [6, 6.07) is 9.08. The lowest BCUT2D eigenvalue weighted by molar-refractivity contribution is 0.0282. The number of ether oxygens (including phenoxy) is 1. The number of nitrogens with zero attached hydrogens (tertiary/aromatic N) is 6. The maximum absolute atomic E-state index is 12.3. The molecule has 1 saturated heterocycles. The Hall–Kier alpha value is -2.87. The molecule has 0 bridgehead atoms. The fraction of sp³-hybridized carbons (Fsp3) is 0.522. The summed E-state index contributed by atoms with van der Waals surface area (Å²) in [6.07, 6.45) is 6.22. The van der Waals surface area contributed by atoms with E-state index in [-0.39, 0.29) is 6.09 Å². The molecule has 166 valence electrons. The van der Waals surface area contributed by atoms with E-state index in [1.807, 2.05) is 30.4 Å². The summed E-state index contributed by atoms with van der Waals surface area (Å²) in [5.41, 5.74) is 1.99. The van der Waals surface area contributed by atoms with Crippen molar-refractivity contribution in [3.63, 3.8) is 0 Å². The van der Waals surface area contributed by atoms with Gasteiger partial charge in [-0.05, 0) is 63.4 Å². The molecular formula is C23H32N6O2. The van der Waals surface area contributed by atoms with E-state index in [1.165, 1.54) is 16.5 Å². The van der Waals surface area contributed by atoms with Crippen LogP contribution in [-0.4, -0.2) is 73.5 Å². The Balaban J connectivity index is 1.32. The highest BCUT2D eigenvalue weighted by atomic mass is 16.6. The van der Waals surface area contributed by atoms with E-state index in [1.54, 1.807) is 12.7 Å². The summed E-state index contributed by atoms with van der Waals surface area (Å²) in [5, 5.41) is 5.41. The summed E-state index contributed by atoms with van der Waals surface area (Å²) >= 11 is 0. The quantitative estimate of drug-likeness (QED) is 0.608. The van der Waals surface area contributed by atoms with Crippen molar-refractivity contribution < 1.29 is 9.53 Å². The smallest absolute Gasteiger partial charge is 0.410 e. The molecule has 1 atom stereocenters. The molecule has 0 N–H and O–H groups in total. The molecule has 8 nitrogen and oxygen atoms in total. The highest BCUT2D eigenvalue weighted by molar-refractivity contribution is 5.80. The summed E-state index contributed by atoms with van der Waals surface area (Å²) in [7, 11) is 2.14. The van der Waals surface area contributed by atoms with Gasteiger partial charge in [0.15, 0.2) is 0 Å². The van der Waals surface area contributed by atoms with E-state index in [2.05, 4.69) is 57.1 Å². The summed E-state index contributed by atoms with van der Waals surface area (Å²) < 4.78 is 9.64. The van der Waals surface area contributed by atoms with Gasteiger partial charge in [-0.1, -0.05) is 6.07 Å². The van der Waals surface area contributed by atoms with Crippen LogP contribution >= 0.6 is 0 Å². The largest absolute Gasteiger partial charge is 0.444 e. The Morgan fingerprint density at radius 3 is 2.87 bits per heavy atom. The second-order valence-corrected chi connectivity index (χ2v) is 9.34. The lowest BCUT2D eigenvalue weighted by Gasteiger charge is -2.26. The van der Waals surface area contributed by atoms with E-state index >= 15 is 0 Å². The molecule has 4 rings (SSSR count). The Morgan fingerprint density at radius 1 is 1.29 bits per heavy atom. The van der Waals surface area contributed by atoms with E-state index in [4.69, 9.17) is 4.74 Å². The second-order valence-electron chi connectivity index (χ2n) is 9.34. The van der Waals surface area contributed by atoms with Crippen molar-refractivity contribution in [3.8, 4) is 0 Å². The third-order valence-electron chi connectivity index (χ3n) is 5.78. The number of benzene rings is 1. The Morgan fingerprint density at radius 2 is 2.13 bits per heavy atom. The third kappa shape index (κ3) is 5.25. The number of carbonyl (C=O) groups excluding carboxylic acids is 1. The van der Waals surface area contributed by atoms with Gasteiger partial charge in [-0.25, -0.2) is 14.5 Å². The van der Waals surface area contributed by atoms with Gasteiger partial charge in [-0.15, -0.1) is 0 Å². The number of amides is 1. The Bertz CT molecular complexity index is 1020. The molecule has 1 aliphatic rings. The minimum Gasteiger partial charge on any atom is -0.444 e. The number of fused-ring (bicyclic) bond motifs is 1. The zero-order chi connectivity index (χ0) is 22.0. The van der Waals surface area contributed by atoms with Crippen LogP contribution in [0.1, 0.15) is 32.8 Å². The number of hydrogen-bond acceptors (Lipinski definition) is 5. The highest BCUT2D eigenvalue weighted by Gasteiger charge is 2.31. The number of rotatable bonds is 6. The first-order valence-electron chi connectivity index (χ1n) is 10.9. The average molecular weight is 425 g/mol. The van der Waals surface area contributed by atoms with Gasteiger partial charge in [-0.3, -0.25) is 4.90 Å². The lowest BCUT2D eigenvalue weighted by atomic mass is 10.1. The summed E-state index contributed by atoms with van der Waals surface area (Å²) in [4.78, 5) is 20.5. The van der Waals surface area contributed by atoms with Gasteiger partial charge in [0.25, 0.3) is 0 Å². The molecular weight excluding hydrogens is 392 g/mol. The van der Waals surface area contributed by atoms with Crippen molar-refractivity contribution in [2.45, 2.75) is 51.9 Å². The molecule has 3 heterocycles. The van der Waals surface area contributed by atoms with E-state index in [0.29, 0.717) is 6.04 Å². The van der Waals surface area contributed by atoms with Crippen LogP contribution < -0.4 is 0 Å². The van der Waals surface area contributed by atoms with E-state index in [9.17, 15) is 4.79 Å². The topological polar surface area (TPSA) is 68.4 Å².